The SMILES string of the molecule is Cc1cnn([C@@H](C)c2nc3c4cnn(-c5ccccc5)c4ncn3n2)c1. The van der Waals surface area contributed by atoms with E-state index in [1.54, 1.807) is 17.0 Å². The normalized spacial score (nSPS) is 12.8. The first-order valence-electron chi connectivity index (χ1n) is 8.36. The number of hydrogen-bond acceptors (Lipinski definition) is 5. The van der Waals surface area contributed by atoms with Crippen molar-refractivity contribution in [2.45, 2.75) is 19.9 Å². The lowest BCUT2D eigenvalue weighted by Crippen LogP contribution is -2.09. The molecular formula is C18H16N8. The summed E-state index contributed by atoms with van der Waals surface area (Å²) in [6, 6.07) is 9.85. The van der Waals surface area contributed by atoms with E-state index < -0.39 is 0 Å². The Bertz CT molecular complexity index is 1210. The zero-order valence-electron chi connectivity index (χ0n) is 14.4. The van der Waals surface area contributed by atoms with E-state index in [0.29, 0.717) is 5.82 Å². The Balaban J connectivity index is 1.65. The van der Waals surface area contributed by atoms with Crippen molar-refractivity contribution in [3.63, 3.8) is 0 Å². The van der Waals surface area contributed by atoms with Crippen molar-refractivity contribution >= 4 is 16.7 Å². The van der Waals surface area contributed by atoms with Gasteiger partial charge in [-0.3, -0.25) is 4.68 Å². The average Bonchev–Trinajstić information content (AvgIpc) is 3.38. The molecule has 0 saturated carbocycles. The van der Waals surface area contributed by atoms with Gasteiger partial charge < -0.3 is 0 Å². The van der Waals surface area contributed by atoms with Crippen LogP contribution in [0.25, 0.3) is 22.4 Å². The van der Waals surface area contributed by atoms with Crippen molar-refractivity contribution in [1.82, 2.24) is 39.1 Å². The summed E-state index contributed by atoms with van der Waals surface area (Å²) in [6.07, 6.45) is 7.27. The molecule has 0 unspecified atom stereocenters. The maximum absolute atomic E-state index is 4.73. The van der Waals surface area contributed by atoms with Crippen LogP contribution in [0.3, 0.4) is 0 Å². The Hall–Kier alpha value is -3.55. The van der Waals surface area contributed by atoms with Crippen LogP contribution in [0.5, 0.6) is 0 Å². The van der Waals surface area contributed by atoms with Crippen LogP contribution in [-0.2, 0) is 0 Å². The number of hydrogen-bond donors (Lipinski definition) is 0. The van der Waals surface area contributed by atoms with Gasteiger partial charge in [0.2, 0.25) is 0 Å². The number of aromatic nitrogens is 8. The van der Waals surface area contributed by atoms with Crippen molar-refractivity contribution in [1.29, 1.82) is 0 Å². The first-order valence-corrected chi connectivity index (χ1v) is 8.36. The van der Waals surface area contributed by atoms with Crippen LogP contribution in [0, 0.1) is 6.92 Å². The van der Waals surface area contributed by atoms with E-state index in [2.05, 4.69) is 20.3 Å². The number of aryl methyl sites for hydroxylation is 1. The molecule has 0 bridgehead atoms. The molecule has 26 heavy (non-hydrogen) atoms. The van der Waals surface area contributed by atoms with E-state index in [9.17, 15) is 0 Å². The Morgan fingerprint density at radius 2 is 1.85 bits per heavy atom. The molecule has 0 aliphatic heterocycles. The third-order valence-electron chi connectivity index (χ3n) is 4.42. The number of rotatable bonds is 3. The standard InChI is InChI=1S/C18H16N8/c1-12-8-20-24(10-12)13(2)16-22-18-15-9-21-26(14-6-4-3-5-7-14)17(15)19-11-25(18)23-16/h3-11,13H,1-2H3/t13-/m0/s1. The molecule has 5 aromatic rings. The highest BCUT2D eigenvalue weighted by molar-refractivity contribution is 5.89. The zero-order valence-corrected chi connectivity index (χ0v) is 14.4. The fourth-order valence-electron chi connectivity index (χ4n) is 3.04. The molecule has 4 heterocycles. The first kappa shape index (κ1) is 14.8. The molecule has 0 amide bonds. The molecule has 4 aromatic heterocycles. The van der Waals surface area contributed by atoms with Crippen LogP contribution >= 0.6 is 0 Å². The molecule has 0 aliphatic carbocycles. The number of para-hydroxylation sites is 1. The van der Waals surface area contributed by atoms with E-state index in [0.717, 1.165) is 27.9 Å². The fraction of sp³-hybridized carbons (Fsp3) is 0.167. The Labute approximate surface area is 148 Å². The fourth-order valence-corrected chi connectivity index (χ4v) is 3.04. The van der Waals surface area contributed by atoms with Crippen LogP contribution in [-0.4, -0.2) is 39.1 Å². The maximum Gasteiger partial charge on any atom is 0.176 e. The van der Waals surface area contributed by atoms with Crippen molar-refractivity contribution < 1.29 is 0 Å². The van der Waals surface area contributed by atoms with E-state index >= 15 is 0 Å². The van der Waals surface area contributed by atoms with E-state index in [1.165, 1.54) is 0 Å². The van der Waals surface area contributed by atoms with E-state index in [-0.39, 0.29) is 6.04 Å². The molecule has 8 heteroatoms. The van der Waals surface area contributed by atoms with Gasteiger partial charge in [0.1, 0.15) is 12.4 Å². The Morgan fingerprint density at radius 1 is 1.00 bits per heavy atom. The van der Waals surface area contributed by atoms with Gasteiger partial charge in [-0.1, -0.05) is 18.2 Å². The summed E-state index contributed by atoms with van der Waals surface area (Å²) in [4.78, 5) is 9.26. The molecule has 5 rings (SSSR count). The maximum atomic E-state index is 4.73. The summed E-state index contributed by atoms with van der Waals surface area (Å²) in [7, 11) is 0. The highest BCUT2D eigenvalue weighted by Crippen LogP contribution is 2.21. The molecule has 0 N–H and O–H groups in total. The van der Waals surface area contributed by atoms with Crippen LogP contribution in [0.2, 0.25) is 0 Å². The quantitative estimate of drug-likeness (QED) is 0.503. The molecule has 128 valence electrons. The zero-order chi connectivity index (χ0) is 17.7. The topological polar surface area (TPSA) is 78.7 Å². The minimum atomic E-state index is -0.0668. The predicted octanol–water partition coefficient (Wildman–Crippen LogP) is 2.58. The summed E-state index contributed by atoms with van der Waals surface area (Å²) >= 11 is 0. The van der Waals surface area contributed by atoms with Crippen LogP contribution in [0.4, 0.5) is 0 Å². The van der Waals surface area contributed by atoms with Crippen LogP contribution in [0.1, 0.15) is 24.4 Å². The lowest BCUT2D eigenvalue weighted by Gasteiger charge is -2.06. The monoisotopic (exact) mass is 344 g/mol. The number of nitrogens with zero attached hydrogens (tertiary/aromatic N) is 8. The van der Waals surface area contributed by atoms with Crippen molar-refractivity contribution in [2.24, 2.45) is 0 Å². The first-order chi connectivity index (χ1) is 12.7. The summed E-state index contributed by atoms with van der Waals surface area (Å²) in [5.41, 5.74) is 3.56. The molecule has 1 atom stereocenters. The largest absolute Gasteiger partial charge is 0.262 e. The highest BCUT2D eigenvalue weighted by Gasteiger charge is 2.18. The smallest absolute Gasteiger partial charge is 0.176 e. The van der Waals surface area contributed by atoms with Crippen molar-refractivity contribution in [3.05, 3.63) is 66.6 Å². The van der Waals surface area contributed by atoms with Gasteiger partial charge in [-0.2, -0.15) is 10.2 Å². The summed E-state index contributed by atoms with van der Waals surface area (Å²) in [6.45, 7) is 4.04. The van der Waals surface area contributed by atoms with E-state index in [4.69, 9.17) is 4.98 Å². The van der Waals surface area contributed by atoms with E-state index in [1.807, 2.05) is 65.9 Å². The third kappa shape index (κ3) is 2.19. The number of benzene rings is 1. The van der Waals surface area contributed by atoms with Crippen LogP contribution < -0.4 is 0 Å². The second kappa shape index (κ2) is 5.48. The van der Waals surface area contributed by atoms with Gasteiger partial charge in [-0.05, 0) is 31.5 Å². The summed E-state index contributed by atoms with van der Waals surface area (Å²) in [5.74, 6) is 0.690. The summed E-state index contributed by atoms with van der Waals surface area (Å²) < 4.78 is 5.37. The molecule has 0 radical (unpaired) electrons. The Morgan fingerprint density at radius 3 is 2.62 bits per heavy atom. The second-order valence-corrected chi connectivity index (χ2v) is 6.29. The van der Waals surface area contributed by atoms with Crippen molar-refractivity contribution in [2.75, 3.05) is 0 Å². The molecule has 0 fully saturated rings. The van der Waals surface area contributed by atoms with Gasteiger partial charge in [0.15, 0.2) is 17.1 Å². The van der Waals surface area contributed by atoms with Gasteiger partial charge >= 0.3 is 0 Å². The minimum absolute atomic E-state index is 0.0668. The van der Waals surface area contributed by atoms with Crippen LogP contribution in [0.15, 0.2) is 55.2 Å². The van der Waals surface area contributed by atoms with Gasteiger partial charge in [-0.15, -0.1) is 5.10 Å². The van der Waals surface area contributed by atoms with Crippen molar-refractivity contribution in [3.8, 4) is 5.69 Å². The molecule has 0 saturated heterocycles. The average molecular weight is 344 g/mol. The molecule has 1 aromatic carbocycles. The number of fused-ring (bicyclic) bond motifs is 3. The third-order valence-corrected chi connectivity index (χ3v) is 4.42. The van der Waals surface area contributed by atoms with Gasteiger partial charge in [-0.25, -0.2) is 19.2 Å². The molecule has 8 nitrogen and oxygen atoms in total. The lowest BCUT2D eigenvalue weighted by molar-refractivity contribution is 0.536. The molecule has 0 spiro atoms. The molecule has 0 aliphatic rings. The second-order valence-electron chi connectivity index (χ2n) is 6.29. The Kier molecular flexibility index (Phi) is 3.11. The predicted molar refractivity (Wildman–Crippen MR) is 96.2 cm³/mol. The molecular weight excluding hydrogens is 328 g/mol. The van der Waals surface area contributed by atoms with Gasteiger partial charge in [0.25, 0.3) is 0 Å². The minimum Gasteiger partial charge on any atom is -0.262 e. The summed E-state index contributed by atoms with van der Waals surface area (Å²) in [5, 5.41) is 14.3. The lowest BCUT2D eigenvalue weighted by atomic mass is 10.3. The van der Waals surface area contributed by atoms with Gasteiger partial charge in [0.05, 0.1) is 23.5 Å². The van der Waals surface area contributed by atoms with Gasteiger partial charge in [0, 0.05) is 6.20 Å². The highest BCUT2D eigenvalue weighted by atomic mass is 15.4.